The smallest absolute Gasteiger partial charge is 0.350 e. The van der Waals surface area contributed by atoms with Crippen LogP contribution in [-0.4, -0.2) is 13.1 Å². The van der Waals surface area contributed by atoms with Crippen LogP contribution >= 0.6 is 11.3 Å². The standard InChI is InChI=1S/C13H12FNO2S/c1-7-4-3-5-8(14)11(7)10-6-9(15)12(18-10)13(16)17-2/h3-6H,15H2,1-2H3. The maximum atomic E-state index is 13.8. The highest BCUT2D eigenvalue weighted by Gasteiger charge is 2.18. The second kappa shape index (κ2) is 4.78. The van der Waals surface area contributed by atoms with E-state index in [2.05, 4.69) is 4.74 Å². The van der Waals surface area contributed by atoms with E-state index < -0.39 is 5.97 Å². The number of methoxy groups -OCH3 is 1. The van der Waals surface area contributed by atoms with Gasteiger partial charge in [0.25, 0.3) is 0 Å². The van der Waals surface area contributed by atoms with Gasteiger partial charge in [0.15, 0.2) is 0 Å². The molecule has 2 rings (SSSR count). The van der Waals surface area contributed by atoms with Crippen LogP contribution in [0.5, 0.6) is 0 Å². The Balaban J connectivity index is 2.56. The molecule has 0 saturated carbocycles. The molecule has 0 fully saturated rings. The first-order valence-electron chi connectivity index (χ1n) is 5.27. The lowest BCUT2D eigenvalue weighted by Gasteiger charge is -2.03. The fraction of sp³-hybridized carbons (Fsp3) is 0.154. The van der Waals surface area contributed by atoms with Crippen LogP contribution < -0.4 is 5.73 Å². The van der Waals surface area contributed by atoms with Gasteiger partial charge in [-0.3, -0.25) is 0 Å². The van der Waals surface area contributed by atoms with Crippen molar-refractivity contribution in [1.82, 2.24) is 0 Å². The number of aryl methyl sites for hydroxylation is 1. The van der Waals surface area contributed by atoms with Gasteiger partial charge in [-0.05, 0) is 24.6 Å². The van der Waals surface area contributed by atoms with Crippen molar-refractivity contribution in [2.75, 3.05) is 12.8 Å². The van der Waals surface area contributed by atoms with Gasteiger partial charge in [-0.2, -0.15) is 0 Å². The molecular formula is C13H12FNO2S. The number of rotatable bonds is 2. The van der Waals surface area contributed by atoms with Gasteiger partial charge in [-0.25, -0.2) is 9.18 Å². The third-order valence-electron chi connectivity index (χ3n) is 2.60. The highest BCUT2D eigenvalue weighted by atomic mass is 32.1. The third-order valence-corrected chi connectivity index (χ3v) is 3.75. The zero-order valence-electron chi connectivity index (χ0n) is 9.99. The van der Waals surface area contributed by atoms with E-state index in [0.717, 1.165) is 16.9 Å². The van der Waals surface area contributed by atoms with E-state index in [1.807, 2.05) is 13.0 Å². The maximum absolute atomic E-state index is 13.8. The van der Waals surface area contributed by atoms with Gasteiger partial charge >= 0.3 is 5.97 Å². The van der Waals surface area contributed by atoms with E-state index in [1.165, 1.54) is 13.2 Å². The summed E-state index contributed by atoms with van der Waals surface area (Å²) >= 11 is 1.13. The number of anilines is 1. The molecule has 2 N–H and O–H groups in total. The fourth-order valence-electron chi connectivity index (χ4n) is 1.72. The van der Waals surface area contributed by atoms with Gasteiger partial charge in [0.2, 0.25) is 0 Å². The largest absolute Gasteiger partial charge is 0.465 e. The number of hydrogen-bond acceptors (Lipinski definition) is 4. The number of carbonyl (C=O) groups is 1. The molecule has 0 aliphatic carbocycles. The quantitative estimate of drug-likeness (QED) is 0.848. The zero-order valence-corrected chi connectivity index (χ0v) is 10.8. The Morgan fingerprint density at radius 3 is 2.78 bits per heavy atom. The van der Waals surface area contributed by atoms with Crippen LogP contribution in [0.25, 0.3) is 10.4 Å². The topological polar surface area (TPSA) is 52.3 Å². The van der Waals surface area contributed by atoms with Crippen molar-refractivity contribution in [1.29, 1.82) is 0 Å². The highest BCUT2D eigenvalue weighted by molar-refractivity contribution is 7.18. The van der Waals surface area contributed by atoms with E-state index in [-0.39, 0.29) is 5.82 Å². The molecule has 0 aliphatic rings. The summed E-state index contributed by atoms with van der Waals surface area (Å²) < 4.78 is 18.4. The summed E-state index contributed by atoms with van der Waals surface area (Å²) in [4.78, 5) is 12.4. The lowest BCUT2D eigenvalue weighted by atomic mass is 10.1. The Bertz CT molecular complexity index is 587. The number of halogens is 1. The third kappa shape index (κ3) is 2.09. The molecule has 2 aromatic rings. The Morgan fingerprint density at radius 2 is 2.17 bits per heavy atom. The Labute approximate surface area is 108 Å². The van der Waals surface area contributed by atoms with Crippen molar-refractivity contribution in [2.45, 2.75) is 6.92 Å². The summed E-state index contributed by atoms with van der Waals surface area (Å²) in [6.45, 7) is 1.81. The van der Waals surface area contributed by atoms with Crippen molar-refractivity contribution >= 4 is 23.0 Å². The van der Waals surface area contributed by atoms with Crippen molar-refractivity contribution in [2.24, 2.45) is 0 Å². The summed E-state index contributed by atoms with van der Waals surface area (Å²) in [6, 6.07) is 6.44. The molecule has 0 saturated heterocycles. The molecule has 5 heteroatoms. The molecule has 18 heavy (non-hydrogen) atoms. The van der Waals surface area contributed by atoms with Crippen LogP contribution in [-0.2, 0) is 4.74 Å². The van der Waals surface area contributed by atoms with E-state index in [4.69, 9.17) is 5.73 Å². The number of esters is 1. The number of thiophene rings is 1. The van der Waals surface area contributed by atoms with Crippen molar-refractivity contribution in [3.05, 3.63) is 40.5 Å². The second-order valence-electron chi connectivity index (χ2n) is 3.82. The molecular weight excluding hydrogens is 253 g/mol. The van der Waals surface area contributed by atoms with Crippen molar-refractivity contribution < 1.29 is 13.9 Å². The molecule has 1 heterocycles. The Hall–Kier alpha value is -1.88. The van der Waals surface area contributed by atoms with Gasteiger partial charge in [-0.1, -0.05) is 12.1 Å². The van der Waals surface area contributed by atoms with E-state index >= 15 is 0 Å². The number of benzene rings is 1. The van der Waals surface area contributed by atoms with Crippen molar-refractivity contribution in [3.8, 4) is 10.4 Å². The van der Waals surface area contributed by atoms with E-state index in [9.17, 15) is 9.18 Å². The average Bonchev–Trinajstić information content (AvgIpc) is 2.70. The molecule has 0 amide bonds. The van der Waals surface area contributed by atoms with Gasteiger partial charge in [0.1, 0.15) is 10.7 Å². The van der Waals surface area contributed by atoms with E-state index in [0.29, 0.717) is 21.0 Å². The fourth-order valence-corrected chi connectivity index (χ4v) is 2.83. The molecule has 0 unspecified atom stereocenters. The van der Waals surface area contributed by atoms with Crippen LogP contribution in [0, 0.1) is 12.7 Å². The predicted octanol–water partition coefficient (Wildman–Crippen LogP) is 3.23. The Kier molecular flexibility index (Phi) is 3.34. The number of carbonyl (C=O) groups excluding carboxylic acids is 1. The molecule has 0 aliphatic heterocycles. The zero-order chi connectivity index (χ0) is 13.3. The molecule has 0 spiro atoms. The molecule has 94 valence electrons. The van der Waals surface area contributed by atoms with Crippen LogP contribution in [0.4, 0.5) is 10.1 Å². The summed E-state index contributed by atoms with van der Waals surface area (Å²) in [5, 5.41) is 0. The summed E-state index contributed by atoms with van der Waals surface area (Å²) in [6.07, 6.45) is 0. The van der Waals surface area contributed by atoms with Crippen molar-refractivity contribution in [3.63, 3.8) is 0 Å². The molecule has 0 bridgehead atoms. The molecule has 1 aromatic carbocycles. The lowest BCUT2D eigenvalue weighted by molar-refractivity contribution is 0.0607. The average molecular weight is 265 g/mol. The summed E-state index contributed by atoms with van der Waals surface area (Å²) in [7, 11) is 1.29. The highest BCUT2D eigenvalue weighted by Crippen LogP contribution is 2.36. The van der Waals surface area contributed by atoms with Gasteiger partial charge in [-0.15, -0.1) is 11.3 Å². The first-order chi connectivity index (χ1) is 8.54. The minimum Gasteiger partial charge on any atom is -0.465 e. The maximum Gasteiger partial charge on any atom is 0.350 e. The second-order valence-corrected chi connectivity index (χ2v) is 4.87. The molecule has 1 aromatic heterocycles. The van der Waals surface area contributed by atoms with Gasteiger partial charge in [0, 0.05) is 10.4 Å². The van der Waals surface area contributed by atoms with Crippen LogP contribution in [0.1, 0.15) is 15.2 Å². The van der Waals surface area contributed by atoms with Crippen LogP contribution in [0.2, 0.25) is 0 Å². The van der Waals surface area contributed by atoms with Gasteiger partial charge < -0.3 is 10.5 Å². The minimum atomic E-state index is -0.502. The van der Waals surface area contributed by atoms with E-state index in [1.54, 1.807) is 12.1 Å². The number of nitrogens with two attached hydrogens (primary N) is 1. The Morgan fingerprint density at radius 1 is 1.44 bits per heavy atom. The van der Waals surface area contributed by atoms with Gasteiger partial charge in [0.05, 0.1) is 12.8 Å². The molecule has 3 nitrogen and oxygen atoms in total. The summed E-state index contributed by atoms with van der Waals surface area (Å²) in [5.74, 6) is -0.828. The molecule has 0 atom stereocenters. The molecule has 0 radical (unpaired) electrons. The first kappa shape index (κ1) is 12.6. The number of ether oxygens (including phenoxy) is 1. The van der Waals surface area contributed by atoms with Crippen LogP contribution in [0.15, 0.2) is 24.3 Å². The predicted molar refractivity (Wildman–Crippen MR) is 70.2 cm³/mol. The van der Waals surface area contributed by atoms with Crippen LogP contribution in [0.3, 0.4) is 0 Å². The lowest BCUT2D eigenvalue weighted by Crippen LogP contribution is -2.00. The minimum absolute atomic E-state index is 0.301. The number of hydrogen-bond donors (Lipinski definition) is 1. The number of nitrogen functional groups attached to an aromatic ring is 1. The normalized spacial score (nSPS) is 10.4. The monoisotopic (exact) mass is 265 g/mol. The SMILES string of the molecule is COC(=O)c1sc(-c2c(C)cccc2F)cc1N. The first-order valence-corrected chi connectivity index (χ1v) is 6.09. The summed E-state index contributed by atoms with van der Waals surface area (Å²) in [5.41, 5.74) is 7.33.